The van der Waals surface area contributed by atoms with Crippen LogP contribution in [0.4, 0.5) is 4.79 Å². The van der Waals surface area contributed by atoms with Crippen LogP contribution in [0.15, 0.2) is 24.3 Å². The lowest BCUT2D eigenvalue weighted by atomic mass is 10.2. The van der Waals surface area contributed by atoms with E-state index in [1.165, 1.54) is 4.90 Å². The summed E-state index contributed by atoms with van der Waals surface area (Å²) in [5.74, 6) is 1.29. The van der Waals surface area contributed by atoms with Crippen LogP contribution in [0.3, 0.4) is 0 Å². The first kappa shape index (κ1) is 17.3. The predicted molar refractivity (Wildman–Crippen MR) is 83.3 cm³/mol. The Bertz CT molecular complexity index is 449. The zero-order chi connectivity index (χ0) is 15.8. The highest BCUT2D eigenvalue weighted by Crippen LogP contribution is 2.14. The van der Waals surface area contributed by atoms with Crippen LogP contribution in [0.25, 0.3) is 0 Å². The zero-order valence-corrected chi connectivity index (χ0v) is 13.3. The van der Waals surface area contributed by atoms with E-state index in [9.17, 15) is 4.79 Å². The molecule has 0 aliphatic rings. The summed E-state index contributed by atoms with van der Waals surface area (Å²) < 4.78 is 5.66. The van der Waals surface area contributed by atoms with Crippen LogP contribution >= 0.6 is 0 Å². The predicted octanol–water partition coefficient (Wildman–Crippen LogP) is 2.24. The number of amides is 2. The van der Waals surface area contributed by atoms with Gasteiger partial charge >= 0.3 is 6.03 Å². The maximum Gasteiger partial charge on any atom is 0.317 e. The Labute approximate surface area is 126 Å². The third-order valence-corrected chi connectivity index (χ3v) is 3.17. The smallest absolute Gasteiger partial charge is 0.317 e. The molecular weight excluding hydrogens is 268 g/mol. The third-order valence-electron chi connectivity index (χ3n) is 3.17. The van der Waals surface area contributed by atoms with Crippen molar-refractivity contribution in [2.75, 3.05) is 20.3 Å². The molecule has 0 radical (unpaired) electrons. The molecule has 0 aromatic heterocycles. The number of nitrogens with one attached hydrogen (secondary N) is 1. The van der Waals surface area contributed by atoms with Gasteiger partial charge in [0.2, 0.25) is 0 Å². The highest BCUT2D eigenvalue weighted by atomic mass is 16.5. The van der Waals surface area contributed by atoms with Gasteiger partial charge in [-0.15, -0.1) is 0 Å². The molecule has 0 fully saturated rings. The SMILES string of the molecule is CC(C)COc1cccc(CNC(=O)N(C)C(C)CO)c1. The van der Waals surface area contributed by atoms with Crippen molar-refractivity contribution in [3.8, 4) is 5.75 Å². The fourth-order valence-electron chi connectivity index (χ4n) is 1.63. The van der Waals surface area contributed by atoms with Crippen molar-refractivity contribution in [1.29, 1.82) is 0 Å². The van der Waals surface area contributed by atoms with Crippen LogP contribution in [0.5, 0.6) is 5.75 Å². The minimum absolute atomic E-state index is 0.0531. The summed E-state index contributed by atoms with van der Waals surface area (Å²) in [5, 5.41) is 11.9. The van der Waals surface area contributed by atoms with Gasteiger partial charge < -0.3 is 20.1 Å². The van der Waals surface area contributed by atoms with Crippen LogP contribution in [-0.4, -0.2) is 42.3 Å². The summed E-state index contributed by atoms with van der Waals surface area (Å²) >= 11 is 0. The third kappa shape index (κ3) is 6.04. The van der Waals surface area contributed by atoms with Crippen molar-refractivity contribution in [3.05, 3.63) is 29.8 Å². The van der Waals surface area contributed by atoms with Crippen molar-refractivity contribution in [1.82, 2.24) is 10.2 Å². The number of likely N-dealkylation sites (N-methyl/N-ethyl adjacent to an activating group) is 1. The van der Waals surface area contributed by atoms with Crippen molar-refractivity contribution < 1.29 is 14.6 Å². The van der Waals surface area contributed by atoms with E-state index in [1.807, 2.05) is 24.3 Å². The van der Waals surface area contributed by atoms with Gasteiger partial charge in [0.1, 0.15) is 5.75 Å². The second kappa shape index (κ2) is 8.52. The fraction of sp³-hybridized carbons (Fsp3) is 0.562. The fourth-order valence-corrected chi connectivity index (χ4v) is 1.63. The second-order valence-electron chi connectivity index (χ2n) is 5.65. The summed E-state index contributed by atoms with van der Waals surface area (Å²) in [5.41, 5.74) is 0.981. The lowest BCUT2D eigenvalue weighted by molar-refractivity contribution is 0.157. The van der Waals surface area contributed by atoms with Gasteiger partial charge in [0.05, 0.1) is 19.3 Å². The average molecular weight is 294 g/mol. The molecular formula is C16H26N2O3. The van der Waals surface area contributed by atoms with E-state index in [2.05, 4.69) is 19.2 Å². The van der Waals surface area contributed by atoms with Crippen LogP contribution < -0.4 is 10.1 Å². The van der Waals surface area contributed by atoms with Crippen LogP contribution in [0, 0.1) is 5.92 Å². The molecule has 0 saturated heterocycles. The van der Waals surface area contributed by atoms with Gasteiger partial charge in [-0.05, 0) is 30.5 Å². The van der Waals surface area contributed by atoms with E-state index in [4.69, 9.17) is 9.84 Å². The zero-order valence-electron chi connectivity index (χ0n) is 13.3. The first-order valence-electron chi connectivity index (χ1n) is 7.27. The number of ether oxygens (including phenoxy) is 1. The molecule has 1 aromatic carbocycles. The summed E-state index contributed by atoms with van der Waals surface area (Å²) in [6, 6.07) is 7.29. The van der Waals surface area contributed by atoms with E-state index < -0.39 is 0 Å². The van der Waals surface area contributed by atoms with Gasteiger partial charge in [-0.1, -0.05) is 26.0 Å². The van der Waals surface area contributed by atoms with Gasteiger partial charge in [0.25, 0.3) is 0 Å². The second-order valence-corrected chi connectivity index (χ2v) is 5.65. The number of carbonyl (C=O) groups excluding carboxylic acids is 1. The topological polar surface area (TPSA) is 61.8 Å². The number of aliphatic hydroxyl groups excluding tert-OH is 1. The quantitative estimate of drug-likeness (QED) is 0.811. The van der Waals surface area contributed by atoms with Crippen molar-refractivity contribution in [3.63, 3.8) is 0 Å². The Hall–Kier alpha value is -1.75. The Morgan fingerprint density at radius 1 is 1.38 bits per heavy atom. The van der Waals surface area contributed by atoms with E-state index >= 15 is 0 Å². The minimum atomic E-state index is -0.204. The Morgan fingerprint density at radius 2 is 2.10 bits per heavy atom. The molecule has 5 heteroatoms. The highest BCUT2D eigenvalue weighted by Gasteiger charge is 2.14. The van der Waals surface area contributed by atoms with E-state index in [0.29, 0.717) is 19.1 Å². The summed E-state index contributed by atoms with van der Waals surface area (Å²) in [6.07, 6.45) is 0. The van der Waals surface area contributed by atoms with E-state index in [1.54, 1.807) is 14.0 Å². The molecule has 118 valence electrons. The number of carbonyl (C=O) groups is 1. The molecule has 0 heterocycles. The van der Waals surface area contributed by atoms with Gasteiger partial charge in [-0.3, -0.25) is 0 Å². The lowest BCUT2D eigenvalue weighted by Crippen LogP contribution is -2.43. The number of nitrogens with zero attached hydrogens (tertiary/aromatic N) is 1. The number of hydrogen-bond donors (Lipinski definition) is 2. The van der Waals surface area contributed by atoms with Crippen LogP contribution in [0.1, 0.15) is 26.3 Å². The van der Waals surface area contributed by atoms with Gasteiger partial charge in [-0.25, -0.2) is 4.79 Å². The molecule has 1 atom stereocenters. The monoisotopic (exact) mass is 294 g/mol. The van der Waals surface area contributed by atoms with Gasteiger partial charge in [0, 0.05) is 13.6 Å². The van der Waals surface area contributed by atoms with Crippen LogP contribution in [0.2, 0.25) is 0 Å². The number of aliphatic hydroxyl groups is 1. The molecule has 1 aromatic rings. The number of benzene rings is 1. The van der Waals surface area contributed by atoms with Gasteiger partial charge in [0.15, 0.2) is 0 Å². The van der Waals surface area contributed by atoms with Crippen molar-refractivity contribution in [2.24, 2.45) is 5.92 Å². The normalized spacial score (nSPS) is 12.1. The maximum absolute atomic E-state index is 11.9. The van der Waals surface area contributed by atoms with Crippen molar-refractivity contribution >= 4 is 6.03 Å². The lowest BCUT2D eigenvalue weighted by Gasteiger charge is -2.23. The van der Waals surface area contributed by atoms with E-state index in [0.717, 1.165) is 11.3 Å². The Morgan fingerprint density at radius 3 is 2.71 bits per heavy atom. The van der Waals surface area contributed by atoms with Crippen molar-refractivity contribution in [2.45, 2.75) is 33.4 Å². The summed E-state index contributed by atoms with van der Waals surface area (Å²) in [7, 11) is 1.67. The summed E-state index contributed by atoms with van der Waals surface area (Å²) in [4.78, 5) is 13.4. The molecule has 0 aliphatic carbocycles. The highest BCUT2D eigenvalue weighted by molar-refractivity contribution is 5.74. The molecule has 2 amide bonds. The molecule has 2 N–H and O–H groups in total. The molecule has 0 saturated carbocycles. The molecule has 1 rings (SSSR count). The maximum atomic E-state index is 11.9. The Kier molecular flexibility index (Phi) is 7.02. The molecule has 1 unspecified atom stereocenters. The molecule has 5 nitrogen and oxygen atoms in total. The molecule has 0 aliphatic heterocycles. The molecule has 0 spiro atoms. The molecule has 0 bridgehead atoms. The number of hydrogen-bond acceptors (Lipinski definition) is 3. The minimum Gasteiger partial charge on any atom is -0.493 e. The van der Waals surface area contributed by atoms with Crippen LogP contribution in [-0.2, 0) is 6.54 Å². The average Bonchev–Trinajstić information content (AvgIpc) is 2.49. The van der Waals surface area contributed by atoms with Gasteiger partial charge in [-0.2, -0.15) is 0 Å². The summed E-state index contributed by atoms with van der Waals surface area (Å²) in [6.45, 7) is 7.04. The first-order chi connectivity index (χ1) is 9.93. The van der Waals surface area contributed by atoms with E-state index in [-0.39, 0.29) is 18.7 Å². The Balaban J connectivity index is 2.51. The molecule has 21 heavy (non-hydrogen) atoms. The number of rotatable bonds is 7. The first-order valence-corrected chi connectivity index (χ1v) is 7.27. The standard InChI is InChI=1S/C16H26N2O3/c1-12(2)11-21-15-7-5-6-14(8-15)9-17-16(20)18(4)13(3)10-19/h5-8,12-13,19H,9-11H2,1-4H3,(H,17,20). The number of urea groups is 1. The largest absolute Gasteiger partial charge is 0.493 e.